The van der Waals surface area contributed by atoms with E-state index < -0.39 is 0 Å². The van der Waals surface area contributed by atoms with Crippen molar-refractivity contribution >= 4 is 23.2 Å². The molecule has 1 aromatic rings. The fraction of sp³-hybridized carbons (Fsp3) is 0. The van der Waals surface area contributed by atoms with Gasteiger partial charge in [-0.2, -0.15) is 0 Å². The van der Waals surface area contributed by atoms with E-state index in [1.54, 1.807) is 0 Å². The van der Waals surface area contributed by atoms with E-state index in [9.17, 15) is 0 Å². The van der Waals surface area contributed by atoms with Crippen LogP contribution in [0.1, 0.15) is 5.56 Å². The van der Waals surface area contributed by atoms with E-state index in [1.807, 2.05) is 30.3 Å². The molecule has 0 aromatic heterocycles. The number of thiocarbonyl (C=S) groups is 1. The number of guanidine groups is 1. The third-order valence-electron chi connectivity index (χ3n) is 1.25. The molecule has 0 heterocycles. The van der Waals surface area contributed by atoms with Crippen LogP contribution in [0.15, 0.2) is 35.3 Å². The summed E-state index contributed by atoms with van der Waals surface area (Å²) < 4.78 is 0. The summed E-state index contributed by atoms with van der Waals surface area (Å²) >= 11 is 4.95. The molecule has 1 aromatic carbocycles. The Hall–Kier alpha value is -1.42. The number of benzene rings is 1. The zero-order chi connectivity index (χ0) is 8.97. The van der Waals surface area contributed by atoms with Gasteiger partial charge in [-0.25, -0.2) is 4.99 Å². The number of nitrogens with two attached hydrogens (primary N) is 2. The van der Waals surface area contributed by atoms with Crippen molar-refractivity contribution in [2.75, 3.05) is 0 Å². The van der Waals surface area contributed by atoms with Gasteiger partial charge in [0.1, 0.15) is 4.99 Å². The standard InChI is InChI=1S/C8H9N3S/c9-8(10)11-7(12)6-4-2-1-3-5-6/h1-5H,(H4,9,10,11,12). The molecule has 4 heteroatoms. The highest BCUT2D eigenvalue weighted by molar-refractivity contribution is 7.80. The smallest absolute Gasteiger partial charge is 0.192 e. The first kappa shape index (κ1) is 8.67. The summed E-state index contributed by atoms with van der Waals surface area (Å²) in [5.41, 5.74) is 11.2. The molecule has 0 saturated carbocycles. The van der Waals surface area contributed by atoms with Crippen LogP contribution in [-0.4, -0.2) is 10.9 Å². The van der Waals surface area contributed by atoms with Crippen molar-refractivity contribution in [2.45, 2.75) is 0 Å². The van der Waals surface area contributed by atoms with Crippen LogP contribution in [0.3, 0.4) is 0 Å². The van der Waals surface area contributed by atoms with Crippen molar-refractivity contribution < 1.29 is 0 Å². The first-order valence-corrected chi connectivity index (χ1v) is 3.80. The van der Waals surface area contributed by atoms with Crippen molar-refractivity contribution in [1.82, 2.24) is 0 Å². The average Bonchev–Trinajstić information content (AvgIpc) is 2.05. The van der Waals surface area contributed by atoms with Gasteiger partial charge in [0.05, 0.1) is 0 Å². The van der Waals surface area contributed by atoms with Crippen LogP contribution in [0.2, 0.25) is 0 Å². The minimum absolute atomic E-state index is 0.0103. The molecule has 0 fully saturated rings. The summed E-state index contributed by atoms with van der Waals surface area (Å²) in [6, 6.07) is 9.37. The van der Waals surface area contributed by atoms with Gasteiger partial charge < -0.3 is 11.5 Å². The molecule has 0 saturated heterocycles. The van der Waals surface area contributed by atoms with Crippen LogP contribution >= 0.6 is 12.2 Å². The maximum Gasteiger partial charge on any atom is 0.192 e. The van der Waals surface area contributed by atoms with Crippen LogP contribution in [0.25, 0.3) is 0 Å². The van der Waals surface area contributed by atoms with Crippen molar-refractivity contribution in [3.05, 3.63) is 35.9 Å². The highest BCUT2D eigenvalue weighted by atomic mass is 32.1. The van der Waals surface area contributed by atoms with Crippen LogP contribution in [0.4, 0.5) is 0 Å². The SMILES string of the molecule is NC(N)=NC(=S)c1ccccc1. The van der Waals surface area contributed by atoms with E-state index in [0.717, 1.165) is 5.56 Å². The lowest BCUT2D eigenvalue weighted by Gasteiger charge is -1.96. The average molecular weight is 179 g/mol. The van der Waals surface area contributed by atoms with E-state index in [0.29, 0.717) is 4.99 Å². The maximum absolute atomic E-state index is 5.17. The Balaban J connectivity index is 2.87. The molecule has 0 bridgehead atoms. The van der Waals surface area contributed by atoms with Gasteiger partial charge >= 0.3 is 0 Å². The number of nitrogens with zero attached hydrogens (tertiary/aromatic N) is 1. The summed E-state index contributed by atoms with van der Waals surface area (Å²) in [7, 11) is 0. The Bertz CT molecular complexity index is 301. The summed E-state index contributed by atoms with van der Waals surface area (Å²) in [4.78, 5) is 4.16. The molecule has 0 aliphatic heterocycles. The molecule has 0 aliphatic carbocycles. The van der Waals surface area contributed by atoms with E-state index in [4.69, 9.17) is 23.7 Å². The van der Waals surface area contributed by atoms with Crippen LogP contribution in [0, 0.1) is 0 Å². The zero-order valence-electron chi connectivity index (χ0n) is 6.40. The number of hydrogen-bond acceptors (Lipinski definition) is 1. The van der Waals surface area contributed by atoms with Gasteiger partial charge in [0.2, 0.25) is 0 Å². The molecule has 0 atom stereocenters. The fourth-order valence-corrected chi connectivity index (χ4v) is 1.00. The van der Waals surface area contributed by atoms with Gasteiger partial charge in [-0.1, -0.05) is 42.5 Å². The molecule has 1 rings (SSSR count). The van der Waals surface area contributed by atoms with Gasteiger partial charge in [-0.05, 0) is 0 Å². The monoisotopic (exact) mass is 179 g/mol. The second-order valence-corrected chi connectivity index (χ2v) is 2.59. The number of hydrogen-bond donors (Lipinski definition) is 2. The zero-order valence-corrected chi connectivity index (χ0v) is 7.21. The van der Waals surface area contributed by atoms with Crippen LogP contribution < -0.4 is 11.5 Å². The van der Waals surface area contributed by atoms with Gasteiger partial charge in [0.15, 0.2) is 5.96 Å². The quantitative estimate of drug-likeness (QED) is 0.377. The Kier molecular flexibility index (Phi) is 2.76. The molecule has 62 valence electrons. The van der Waals surface area contributed by atoms with Crippen molar-refractivity contribution in [3.63, 3.8) is 0 Å². The molecular weight excluding hydrogens is 170 g/mol. The second-order valence-electron chi connectivity index (χ2n) is 2.21. The molecule has 0 aliphatic rings. The van der Waals surface area contributed by atoms with E-state index in [2.05, 4.69) is 4.99 Å². The lowest BCUT2D eigenvalue weighted by atomic mass is 10.2. The summed E-state index contributed by atoms with van der Waals surface area (Å²) in [6.45, 7) is 0. The van der Waals surface area contributed by atoms with Crippen molar-refractivity contribution in [2.24, 2.45) is 16.5 Å². The highest BCUT2D eigenvalue weighted by Crippen LogP contribution is 2.01. The second kappa shape index (κ2) is 3.82. The minimum atomic E-state index is -0.0103. The normalized spacial score (nSPS) is 9.00. The predicted molar refractivity (Wildman–Crippen MR) is 54.0 cm³/mol. The Morgan fingerprint density at radius 1 is 1.17 bits per heavy atom. The van der Waals surface area contributed by atoms with E-state index in [-0.39, 0.29) is 5.96 Å². The molecule has 0 spiro atoms. The van der Waals surface area contributed by atoms with Crippen LogP contribution in [0.5, 0.6) is 0 Å². The Labute approximate surface area is 76.1 Å². The van der Waals surface area contributed by atoms with Crippen LogP contribution in [-0.2, 0) is 0 Å². The first-order valence-electron chi connectivity index (χ1n) is 3.39. The molecule has 12 heavy (non-hydrogen) atoms. The Morgan fingerprint density at radius 3 is 2.25 bits per heavy atom. The minimum Gasteiger partial charge on any atom is -0.370 e. The van der Waals surface area contributed by atoms with Crippen molar-refractivity contribution in [3.8, 4) is 0 Å². The molecule has 4 N–H and O–H groups in total. The molecule has 0 amide bonds. The first-order chi connectivity index (χ1) is 5.70. The van der Waals surface area contributed by atoms with Gasteiger partial charge in [-0.3, -0.25) is 0 Å². The lowest BCUT2D eigenvalue weighted by molar-refractivity contribution is 1.49. The molecule has 3 nitrogen and oxygen atoms in total. The third kappa shape index (κ3) is 2.32. The Morgan fingerprint density at radius 2 is 1.75 bits per heavy atom. The number of aliphatic imine (C=N–C) groups is 1. The number of rotatable bonds is 1. The molecule has 0 radical (unpaired) electrons. The van der Waals surface area contributed by atoms with Gasteiger partial charge in [-0.15, -0.1) is 0 Å². The third-order valence-corrected chi connectivity index (χ3v) is 1.58. The van der Waals surface area contributed by atoms with E-state index in [1.165, 1.54) is 0 Å². The highest BCUT2D eigenvalue weighted by Gasteiger charge is 1.96. The predicted octanol–water partition coefficient (Wildman–Crippen LogP) is 0.636. The topological polar surface area (TPSA) is 64.4 Å². The molecular formula is C8H9N3S. The summed E-state index contributed by atoms with van der Waals surface area (Å²) in [5, 5.41) is 0. The molecule has 0 unspecified atom stereocenters. The lowest BCUT2D eigenvalue weighted by Crippen LogP contribution is -2.24. The van der Waals surface area contributed by atoms with Gasteiger partial charge in [0.25, 0.3) is 0 Å². The largest absolute Gasteiger partial charge is 0.370 e. The van der Waals surface area contributed by atoms with E-state index >= 15 is 0 Å². The van der Waals surface area contributed by atoms with Crippen molar-refractivity contribution in [1.29, 1.82) is 0 Å². The van der Waals surface area contributed by atoms with Gasteiger partial charge in [0, 0.05) is 5.56 Å². The summed E-state index contributed by atoms with van der Waals surface area (Å²) in [5.74, 6) is -0.0103. The summed E-state index contributed by atoms with van der Waals surface area (Å²) in [6.07, 6.45) is 0. The fourth-order valence-electron chi connectivity index (χ4n) is 0.763. The maximum atomic E-state index is 5.17.